The van der Waals surface area contributed by atoms with Gasteiger partial charge in [-0.25, -0.2) is 8.78 Å². The Hall–Kier alpha value is -1.42. The average Bonchev–Trinajstić information content (AvgIpc) is 2.20. The molecule has 5 heteroatoms. The first-order valence-electron chi connectivity index (χ1n) is 5.38. The van der Waals surface area contributed by atoms with E-state index in [2.05, 4.69) is 0 Å². The molecular weight excluding hydrogens is 262 g/mol. The molecule has 0 saturated heterocycles. The number of hydrogen-bond donors (Lipinski definition) is 1. The summed E-state index contributed by atoms with van der Waals surface area (Å²) >= 11 is 5.49. The fourth-order valence-electron chi connectivity index (χ4n) is 1.50. The van der Waals surface area contributed by atoms with E-state index in [0.717, 1.165) is 18.2 Å². The number of carbonyl (C=O) groups is 1. The summed E-state index contributed by atoms with van der Waals surface area (Å²) in [7, 11) is 0. The Balaban J connectivity index is 3.07. The lowest BCUT2D eigenvalue weighted by molar-refractivity contribution is -0.141. The molecule has 0 heterocycles. The highest BCUT2D eigenvalue weighted by molar-refractivity contribution is 6.30. The SMILES string of the molecule is CC(C)C(/C=C/c1c(F)cc(Cl)cc1F)C(=O)O. The maximum absolute atomic E-state index is 13.4. The Bertz CT molecular complexity index is 461. The van der Waals surface area contributed by atoms with Crippen LogP contribution in [0.3, 0.4) is 0 Å². The van der Waals surface area contributed by atoms with Crippen molar-refractivity contribution < 1.29 is 18.7 Å². The molecular formula is C13H13ClF2O2. The molecule has 0 fully saturated rings. The van der Waals surface area contributed by atoms with Crippen LogP contribution >= 0.6 is 11.6 Å². The molecule has 2 nitrogen and oxygen atoms in total. The number of aliphatic carboxylic acids is 1. The Labute approximate surface area is 109 Å². The van der Waals surface area contributed by atoms with Crippen molar-refractivity contribution in [1.29, 1.82) is 0 Å². The minimum Gasteiger partial charge on any atom is -0.481 e. The summed E-state index contributed by atoms with van der Waals surface area (Å²) in [5.74, 6) is -3.62. The van der Waals surface area contributed by atoms with Gasteiger partial charge in [-0.2, -0.15) is 0 Å². The minimum absolute atomic E-state index is 0.0409. The number of carboxylic acids is 1. The van der Waals surface area contributed by atoms with Crippen LogP contribution in [0.2, 0.25) is 5.02 Å². The van der Waals surface area contributed by atoms with E-state index >= 15 is 0 Å². The number of rotatable bonds is 4. The van der Waals surface area contributed by atoms with Gasteiger partial charge in [0.05, 0.1) is 5.92 Å². The second-order valence-electron chi connectivity index (χ2n) is 4.25. The molecule has 1 unspecified atom stereocenters. The van der Waals surface area contributed by atoms with Crippen LogP contribution in [0.25, 0.3) is 6.08 Å². The average molecular weight is 275 g/mol. The largest absolute Gasteiger partial charge is 0.481 e. The summed E-state index contributed by atoms with van der Waals surface area (Å²) in [5.41, 5.74) is -0.286. The Kier molecular flexibility index (Phi) is 4.84. The first-order chi connectivity index (χ1) is 8.32. The van der Waals surface area contributed by atoms with Crippen LogP contribution < -0.4 is 0 Å². The van der Waals surface area contributed by atoms with E-state index in [1.54, 1.807) is 13.8 Å². The zero-order valence-electron chi connectivity index (χ0n) is 9.95. The summed E-state index contributed by atoms with van der Waals surface area (Å²) in [6.07, 6.45) is 2.42. The van der Waals surface area contributed by atoms with Crippen LogP contribution in [-0.4, -0.2) is 11.1 Å². The minimum atomic E-state index is -1.03. The van der Waals surface area contributed by atoms with Crippen molar-refractivity contribution in [1.82, 2.24) is 0 Å². The smallest absolute Gasteiger partial charge is 0.310 e. The lowest BCUT2D eigenvalue weighted by Crippen LogP contribution is -2.17. The van der Waals surface area contributed by atoms with E-state index in [1.165, 1.54) is 6.08 Å². The van der Waals surface area contributed by atoms with Crippen LogP contribution in [0.15, 0.2) is 18.2 Å². The number of halogens is 3. The first-order valence-corrected chi connectivity index (χ1v) is 5.76. The fraction of sp³-hybridized carbons (Fsp3) is 0.308. The van der Waals surface area contributed by atoms with E-state index in [-0.39, 0.29) is 16.5 Å². The molecule has 0 bridgehead atoms. The third-order valence-electron chi connectivity index (χ3n) is 2.52. The van der Waals surface area contributed by atoms with E-state index in [9.17, 15) is 13.6 Å². The molecule has 0 aliphatic rings. The second kappa shape index (κ2) is 5.96. The molecule has 1 N–H and O–H groups in total. The summed E-state index contributed by atoms with van der Waals surface area (Å²) in [6.45, 7) is 3.44. The van der Waals surface area contributed by atoms with Crippen LogP contribution in [0.1, 0.15) is 19.4 Å². The lowest BCUT2D eigenvalue weighted by Gasteiger charge is -2.11. The normalized spacial score (nSPS) is 13.2. The lowest BCUT2D eigenvalue weighted by atomic mass is 9.95. The number of hydrogen-bond acceptors (Lipinski definition) is 1. The van der Waals surface area contributed by atoms with Crippen LogP contribution in [0.4, 0.5) is 8.78 Å². The molecule has 0 saturated carbocycles. The maximum atomic E-state index is 13.4. The Morgan fingerprint density at radius 1 is 1.33 bits per heavy atom. The van der Waals surface area contributed by atoms with Crippen molar-refractivity contribution in [2.75, 3.05) is 0 Å². The summed E-state index contributed by atoms with van der Waals surface area (Å²) < 4.78 is 26.9. The van der Waals surface area contributed by atoms with Crippen molar-refractivity contribution >= 4 is 23.6 Å². The third-order valence-corrected chi connectivity index (χ3v) is 2.74. The Morgan fingerprint density at radius 3 is 2.22 bits per heavy atom. The molecule has 1 aromatic rings. The van der Waals surface area contributed by atoms with Crippen LogP contribution in [0, 0.1) is 23.5 Å². The number of carboxylic acid groups (broad SMARTS) is 1. The number of benzene rings is 1. The molecule has 0 aliphatic heterocycles. The van der Waals surface area contributed by atoms with Crippen molar-refractivity contribution in [2.45, 2.75) is 13.8 Å². The van der Waals surface area contributed by atoms with Crippen LogP contribution in [0.5, 0.6) is 0 Å². The molecule has 18 heavy (non-hydrogen) atoms. The van der Waals surface area contributed by atoms with E-state index < -0.39 is 23.5 Å². The topological polar surface area (TPSA) is 37.3 Å². The van der Waals surface area contributed by atoms with Crippen molar-refractivity contribution in [2.24, 2.45) is 11.8 Å². The van der Waals surface area contributed by atoms with Gasteiger partial charge in [-0.05, 0) is 18.1 Å². The van der Waals surface area contributed by atoms with Gasteiger partial charge in [0.1, 0.15) is 11.6 Å². The van der Waals surface area contributed by atoms with Gasteiger partial charge in [0, 0.05) is 10.6 Å². The predicted octanol–water partition coefficient (Wildman–Crippen LogP) is 3.99. The van der Waals surface area contributed by atoms with Gasteiger partial charge in [-0.1, -0.05) is 37.6 Å². The van der Waals surface area contributed by atoms with Crippen molar-refractivity contribution in [3.05, 3.63) is 40.4 Å². The standard InChI is InChI=1S/C13H13ClF2O2/c1-7(2)9(13(17)18)3-4-10-11(15)5-8(14)6-12(10)16/h3-7,9H,1-2H3,(H,17,18)/b4-3+. The quantitative estimate of drug-likeness (QED) is 0.901. The highest BCUT2D eigenvalue weighted by Gasteiger charge is 2.18. The maximum Gasteiger partial charge on any atom is 0.310 e. The Morgan fingerprint density at radius 2 is 1.83 bits per heavy atom. The van der Waals surface area contributed by atoms with Gasteiger partial charge in [0.15, 0.2) is 0 Å². The monoisotopic (exact) mass is 274 g/mol. The zero-order chi connectivity index (χ0) is 13.9. The zero-order valence-corrected chi connectivity index (χ0v) is 10.7. The van der Waals surface area contributed by atoms with E-state index in [1.807, 2.05) is 0 Å². The predicted molar refractivity (Wildman–Crippen MR) is 66.4 cm³/mol. The van der Waals surface area contributed by atoms with Gasteiger partial charge in [0.2, 0.25) is 0 Å². The van der Waals surface area contributed by atoms with Crippen LogP contribution in [-0.2, 0) is 4.79 Å². The molecule has 0 aromatic heterocycles. The van der Waals surface area contributed by atoms with Gasteiger partial charge < -0.3 is 5.11 Å². The molecule has 1 aromatic carbocycles. The summed E-state index contributed by atoms with van der Waals surface area (Å²) in [4.78, 5) is 10.9. The van der Waals surface area contributed by atoms with Crippen molar-refractivity contribution in [3.63, 3.8) is 0 Å². The van der Waals surface area contributed by atoms with Crippen molar-refractivity contribution in [3.8, 4) is 0 Å². The molecule has 0 radical (unpaired) electrons. The molecule has 0 amide bonds. The van der Waals surface area contributed by atoms with Gasteiger partial charge in [0.25, 0.3) is 0 Å². The second-order valence-corrected chi connectivity index (χ2v) is 4.69. The third kappa shape index (κ3) is 3.53. The van der Waals surface area contributed by atoms with Gasteiger partial charge in [-0.3, -0.25) is 4.79 Å². The fourth-order valence-corrected chi connectivity index (χ4v) is 1.69. The summed E-state index contributed by atoms with van der Waals surface area (Å²) in [5, 5.41) is 8.90. The molecule has 0 aliphatic carbocycles. The molecule has 1 rings (SSSR count). The first kappa shape index (κ1) is 14.6. The highest BCUT2D eigenvalue weighted by atomic mass is 35.5. The molecule has 0 spiro atoms. The van der Waals surface area contributed by atoms with Gasteiger partial charge >= 0.3 is 5.97 Å². The van der Waals surface area contributed by atoms with Gasteiger partial charge in [-0.15, -0.1) is 0 Å². The summed E-state index contributed by atoms with van der Waals surface area (Å²) in [6, 6.07) is 1.96. The van der Waals surface area contributed by atoms with E-state index in [0.29, 0.717) is 0 Å². The molecule has 98 valence electrons. The highest BCUT2D eigenvalue weighted by Crippen LogP contribution is 2.22. The van der Waals surface area contributed by atoms with E-state index in [4.69, 9.17) is 16.7 Å². The molecule has 1 atom stereocenters.